The van der Waals surface area contributed by atoms with E-state index in [9.17, 15) is 9.59 Å². The van der Waals surface area contributed by atoms with Crippen LogP contribution < -0.4 is 5.32 Å². The fourth-order valence-corrected chi connectivity index (χ4v) is 4.27. The van der Waals surface area contributed by atoms with Gasteiger partial charge in [-0.2, -0.15) is 5.10 Å². The highest BCUT2D eigenvalue weighted by molar-refractivity contribution is 6.03. The minimum Gasteiger partial charge on any atom is -0.338 e. The Morgan fingerprint density at radius 3 is 2.40 bits per heavy atom. The number of hydrogen-bond donors (Lipinski definition) is 1. The molecule has 1 N–H and O–H groups in total. The van der Waals surface area contributed by atoms with Crippen LogP contribution in [0.1, 0.15) is 53.1 Å². The first-order chi connectivity index (χ1) is 14.2. The lowest BCUT2D eigenvalue weighted by molar-refractivity contribution is -0.111. The molecule has 0 bridgehead atoms. The van der Waals surface area contributed by atoms with E-state index in [0.717, 1.165) is 42.0 Å². The molecule has 6 heteroatoms. The molecule has 2 heterocycles. The number of piperidine rings is 1. The average molecular weight is 409 g/mol. The molecule has 2 atom stereocenters. The Labute approximate surface area is 179 Å². The van der Waals surface area contributed by atoms with Crippen LogP contribution in [0.4, 0.5) is 5.69 Å². The maximum atomic E-state index is 13.0. The van der Waals surface area contributed by atoms with Gasteiger partial charge in [0.05, 0.1) is 5.69 Å². The third kappa shape index (κ3) is 4.81. The van der Waals surface area contributed by atoms with Gasteiger partial charge in [0.2, 0.25) is 5.91 Å². The Balaban J connectivity index is 1.74. The molecule has 160 valence electrons. The molecule has 1 aromatic carbocycles. The lowest BCUT2D eigenvalue weighted by atomic mass is 9.91. The van der Waals surface area contributed by atoms with Gasteiger partial charge in [-0.3, -0.25) is 14.3 Å². The minimum atomic E-state index is -0.231. The summed E-state index contributed by atoms with van der Waals surface area (Å²) in [5.74, 6) is 0.810. The van der Waals surface area contributed by atoms with Crippen LogP contribution >= 0.6 is 0 Å². The number of carbonyl (C=O) groups is 2. The summed E-state index contributed by atoms with van der Waals surface area (Å²) in [6.45, 7) is 11.8. The van der Waals surface area contributed by atoms with Crippen molar-refractivity contribution in [3.63, 3.8) is 0 Å². The van der Waals surface area contributed by atoms with Crippen LogP contribution in [0.25, 0.3) is 6.08 Å². The molecular weight excluding hydrogens is 376 g/mol. The van der Waals surface area contributed by atoms with Crippen LogP contribution in [0.5, 0.6) is 0 Å². The van der Waals surface area contributed by atoms with Crippen molar-refractivity contribution >= 4 is 23.6 Å². The van der Waals surface area contributed by atoms with E-state index in [4.69, 9.17) is 0 Å². The number of aromatic nitrogens is 2. The van der Waals surface area contributed by atoms with Crippen LogP contribution in [0, 0.1) is 32.6 Å². The summed E-state index contributed by atoms with van der Waals surface area (Å²) < 4.78 is 1.80. The third-order valence-corrected chi connectivity index (χ3v) is 5.86. The quantitative estimate of drug-likeness (QED) is 0.774. The van der Waals surface area contributed by atoms with E-state index in [2.05, 4.69) is 24.3 Å². The highest BCUT2D eigenvalue weighted by atomic mass is 16.2. The molecule has 1 aliphatic rings. The number of carbonyl (C=O) groups excluding carboxylic acids is 2. The largest absolute Gasteiger partial charge is 0.338 e. The molecule has 2 amide bonds. The van der Waals surface area contributed by atoms with E-state index in [1.165, 1.54) is 6.08 Å². The van der Waals surface area contributed by atoms with Gasteiger partial charge in [-0.15, -0.1) is 0 Å². The van der Waals surface area contributed by atoms with Gasteiger partial charge < -0.3 is 10.2 Å². The zero-order chi connectivity index (χ0) is 22.0. The van der Waals surface area contributed by atoms with Gasteiger partial charge >= 0.3 is 0 Å². The average Bonchev–Trinajstić information content (AvgIpc) is 2.92. The number of rotatable bonds is 4. The lowest BCUT2D eigenvalue weighted by Crippen LogP contribution is -2.42. The first kappa shape index (κ1) is 21.8. The van der Waals surface area contributed by atoms with Crippen LogP contribution in [0.3, 0.4) is 0 Å². The van der Waals surface area contributed by atoms with Crippen molar-refractivity contribution in [2.45, 2.75) is 41.0 Å². The zero-order valence-corrected chi connectivity index (χ0v) is 18.8. The van der Waals surface area contributed by atoms with Crippen LogP contribution in [-0.4, -0.2) is 39.6 Å². The van der Waals surface area contributed by atoms with Crippen molar-refractivity contribution in [3.05, 3.63) is 52.4 Å². The van der Waals surface area contributed by atoms with E-state index in [0.29, 0.717) is 23.1 Å². The molecule has 2 aromatic rings. The van der Waals surface area contributed by atoms with E-state index >= 15 is 0 Å². The molecule has 1 aliphatic heterocycles. The molecule has 2 unspecified atom stereocenters. The number of hydrogen-bond acceptors (Lipinski definition) is 3. The van der Waals surface area contributed by atoms with Crippen molar-refractivity contribution in [2.24, 2.45) is 18.9 Å². The van der Waals surface area contributed by atoms with Crippen LogP contribution in [-0.2, 0) is 11.8 Å². The van der Waals surface area contributed by atoms with Crippen LogP contribution in [0.2, 0.25) is 0 Å². The topological polar surface area (TPSA) is 67.2 Å². The Morgan fingerprint density at radius 1 is 1.13 bits per heavy atom. The van der Waals surface area contributed by atoms with Gasteiger partial charge in [0.15, 0.2) is 0 Å². The predicted molar refractivity (Wildman–Crippen MR) is 120 cm³/mol. The number of amides is 2. The summed E-state index contributed by atoms with van der Waals surface area (Å²) in [5.41, 5.74) is 5.02. The second kappa shape index (κ2) is 8.86. The number of anilines is 1. The van der Waals surface area contributed by atoms with E-state index in [-0.39, 0.29) is 11.8 Å². The smallest absolute Gasteiger partial charge is 0.253 e. The molecule has 30 heavy (non-hydrogen) atoms. The number of likely N-dealkylation sites (tertiary alicyclic amines) is 1. The summed E-state index contributed by atoms with van der Waals surface area (Å²) in [4.78, 5) is 27.5. The molecule has 0 saturated carbocycles. The maximum absolute atomic E-state index is 13.0. The van der Waals surface area contributed by atoms with Gasteiger partial charge in [0.1, 0.15) is 0 Å². The number of nitrogens with zero attached hydrogens (tertiary/aromatic N) is 3. The highest BCUT2D eigenvalue weighted by Crippen LogP contribution is 2.24. The summed E-state index contributed by atoms with van der Waals surface area (Å²) in [6.07, 6.45) is 4.45. The fourth-order valence-electron chi connectivity index (χ4n) is 4.27. The molecular formula is C24H32N4O2. The zero-order valence-electron chi connectivity index (χ0n) is 18.8. The van der Waals surface area contributed by atoms with Crippen molar-refractivity contribution in [2.75, 3.05) is 18.4 Å². The summed E-state index contributed by atoms with van der Waals surface area (Å²) in [6, 6.07) is 5.52. The van der Waals surface area contributed by atoms with Gasteiger partial charge in [-0.05, 0) is 62.8 Å². The molecule has 6 nitrogen and oxygen atoms in total. The highest BCUT2D eigenvalue weighted by Gasteiger charge is 2.26. The second-order valence-electron chi connectivity index (χ2n) is 8.72. The monoisotopic (exact) mass is 408 g/mol. The summed E-state index contributed by atoms with van der Waals surface area (Å²) in [5, 5.41) is 7.28. The maximum Gasteiger partial charge on any atom is 0.253 e. The molecule has 0 aliphatic carbocycles. The minimum absolute atomic E-state index is 0.0288. The van der Waals surface area contributed by atoms with Crippen molar-refractivity contribution in [1.29, 1.82) is 0 Å². The first-order valence-electron chi connectivity index (χ1n) is 10.5. The second-order valence-corrected chi connectivity index (χ2v) is 8.72. The Kier molecular flexibility index (Phi) is 6.44. The standard InChI is InChI=1S/C24H32N4O2/c1-15-11-16(2)14-28(13-15)24(30)20-8-7-17(3)22(12-20)25-23(29)10-9-21-18(4)26-27(6)19(21)5/h7-10,12,15-16H,11,13-14H2,1-6H3,(H,25,29). The lowest BCUT2D eigenvalue weighted by Gasteiger charge is -2.35. The van der Waals surface area contributed by atoms with Crippen LogP contribution in [0.15, 0.2) is 24.3 Å². The molecule has 0 radical (unpaired) electrons. The third-order valence-electron chi connectivity index (χ3n) is 5.86. The molecule has 1 saturated heterocycles. The number of benzene rings is 1. The molecule has 3 rings (SSSR count). The van der Waals surface area contributed by atoms with Gasteiger partial charge in [0.25, 0.3) is 5.91 Å². The van der Waals surface area contributed by atoms with Gasteiger partial charge in [-0.1, -0.05) is 19.9 Å². The van der Waals surface area contributed by atoms with E-state index in [1.807, 2.05) is 44.9 Å². The predicted octanol–water partition coefficient (Wildman–Crippen LogP) is 4.12. The Bertz CT molecular complexity index is 979. The van der Waals surface area contributed by atoms with E-state index in [1.54, 1.807) is 16.8 Å². The summed E-state index contributed by atoms with van der Waals surface area (Å²) >= 11 is 0. The Hall–Kier alpha value is -2.89. The van der Waals surface area contributed by atoms with Gasteiger partial charge in [0, 0.05) is 48.7 Å². The van der Waals surface area contributed by atoms with E-state index < -0.39 is 0 Å². The Morgan fingerprint density at radius 2 is 1.80 bits per heavy atom. The SMILES string of the molecule is Cc1ccc(C(=O)N2CC(C)CC(C)C2)cc1NC(=O)C=Cc1c(C)nn(C)c1C. The molecule has 1 fully saturated rings. The molecule has 1 aromatic heterocycles. The first-order valence-corrected chi connectivity index (χ1v) is 10.5. The summed E-state index contributed by atoms with van der Waals surface area (Å²) in [7, 11) is 1.88. The normalized spacial score (nSPS) is 19.3. The fraction of sp³-hybridized carbons (Fsp3) is 0.458. The molecule has 0 spiro atoms. The van der Waals surface area contributed by atoms with Gasteiger partial charge in [-0.25, -0.2) is 0 Å². The number of aryl methyl sites for hydroxylation is 3. The van der Waals surface area contributed by atoms with Crippen molar-refractivity contribution < 1.29 is 9.59 Å². The van der Waals surface area contributed by atoms with Crippen molar-refractivity contribution in [1.82, 2.24) is 14.7 Å². The van der Waals surface area contributed by atoms with Crippen molar-refractivity contribution in [3.8, 4) is 0 Å². The number of nitrogens with one attached hydrogen (secondary N) is 1.